The average Bonchev–Trinajstić information content (AvgIpc) is 2.25. The van der Waals surface area contributed by atoms with E-state index in [1.807, 2.05) is 0 Å². The maximum Gasteiger partial charge on any atom is 0.218 e. The molecule has 0 aliphatic heterocycles. The number of rotatable bonds is 6. The Bertz CT molecular complexity index is 362. The Hall–Kier alpha value is -1.42. The van der Waals surface area contributed by atoms with Gasteiger partial charge >= 0.3 is 0 Å². The number of carbonyl (C=O) groups is 1. The van der Waals surface area contributed by atoms with Gasteiger partial charge in [-0.25, -0.2) is 4.39 Å². The minimum Gasteiger partial charge on any atom is -0.370 e. The summed E-state index contributed by atoms with van der Waals surface area (Å²) in [6.07, 6.45) is 0.310. The Morgan fingerprint density at radius 1 is 1.35 bits per heavy atom. The number of carbonyl (C=O) groups excluding carboxylic acids is 1. The first-order valence-corrected chi connectivity index (χ1v) is 5.78. The number of primary amides is 1. The van der Waals surface area contributed by atoms with Gasteiger partial charge in [0.1, 0.15) is 5.82 Å². The van der Waals surface area contributed by atoms with Gasteiger partial charge in [-0.2, -0.15) is 0 Å². The largest absolute Gasteiger partial charge is 0.370 e. The molecule has 94 valence electrons. The third kappa shape index (κ3) is 4.53. The van der Waals surface area contributed by atoms with Crippen LogP contribution in [0.2, 0.25) is 0 Å². The van der Waals surface area contributed by atoms with Crippen LogP contribution in [0.15, 0.2) is 24.3 Å². The van der Waals surface area contributed by atoms with E-state index in [4.69, 9.17) is 5.73 Å². The van der Waals surface area contributed by atoms with Crippen molar-refractivity contribution in [3.05, 3.63) is 35.6 Å². The number of hydrogen-bond donors (Lipinski definition) is 2. The van der Waals surface area contributed by atoms with Crippen molar-refractivity contribution in [3.63, 3.8) is 0 Å². The van der Waals surface area contributed by atoms with Crippen molar-refractivity contribution in [2.45, 2.75) is 26.3 Å². The fourth-order valence-corrected chi connectivity index (χ4v) is 1.76. The second kappa shape index (κ2) is 6.35. The molecule has 0 heterocycles. The molecule has 0 fully saturated rings. The maximum absolute atomic E-state index is 12.8. The second-order valence-corrected chi connectivity index (χ2v) is 4.44. The summed E-state index contributed by atoms with van der Waals surface area (Å²) >= 11 is 0. The Morgan fingerprint density at radius 3 is 2.41 bits per heavy atom. The summed E-state index contributed by atoms with van der Waals surface area (Å²) in [5, 5.41) is 3.26. The van der Waals surface area contributed by atoms with Crippen molar-refractivity contribution in [2.75, 3.05) is 6.54 Å². The molecule has 0 unspecified atom stereocenters. The summed E-state index contributed by atoms with van der Waals surface area (Å²) in [7, 11) is 0. The predicted molar refractivity (Wildman–Crippen MR) is 65.8 cm³/mol. The lowest BCUT2D eigenvalue weighted by molar-refractivity contribution is -0.117. The Morgan fingerprint density at radius 2 is 1.94 bits per heavy atom. The van der Waals surface area contributed by atoms with Crippen LogP contribution < -0.4 is 11.1 Å². The van der Waals surface area contributed by atoms with Gasteiger partial charge in [-0.3, -0.25) is 4.79 Å². The van der Waals surface area contributed by atoms with Crippen LogP contribution in [0, 0.1) is 11.7 Å². The number of halogens is 1. The number of hydrogen-bond acceptors (Lipinski definition) is 2. The lowest BCUT2D eigenvalue weighted by atomic mass is 9.96. The molecule has 17 heavy (non-hydrogen) atoms. The molecule has 0 aliphatic carbocycles. The second-order valence-electron chi connectivity index (χ2n) is 4.44. The molecule has 0 saturated heterocycles. The van der Waals surface area contributed by atoms with Gasteiger partial charge in [0.15, 0.2) is 0 Å². The molecule has 3 N–H and O–H groups in total. The Balaban J connectivity index is 2.65. The van der Waals surface area contributed by atoms with Gasteiger partial charge in [-0.05, 0) is 23.6 Å². The molecule has 0 aromatic heterocycles. The molecule has 0 saturated carbocycles. The lowest BCUT2D eigenvalue weighted by Crippen LogP contribution is -2.29. The van der Waals surface area contributed by atoms with E-state index in [-0.39, 0.29) is 17.8 Å². The highest BCUT2D eigenvalue weighted by Crippen LogP contribution is 2.21. The van der Waals surface area contributed by atoms with Crippen molar-refractivity contribution in [1.82, 2.24) is 5.32 Å². The van der Waals surface area contributed by atoms with Crippen LogP contribution in [0.1, 0.15) is 31.9 Å². The van der Waals surface area contributed by atoms with Crippen molar-refractivity contribution >= 4 is 5.91 Å². The van der Waals surface area contributed by atoms with E-state index >= 15 is 0 Å². The summed E-state index contributed by atoms with van der Waals surface area (Å²) in [5.74, 6) is -0.208. The van der Waals surface area contributed by atoms with E-state index in [1.165, 1.54) is 12.1 Å². The SMILES string of the molecule is CC(C)[C@H](NCCC(N)=O)c1ccc(F)cc1. The number of amides is 1. The van der Waals surface area contributed by atoms with Gasteiger partial charge < -0.3 is 11.1 Å². The van der Waals surface area contributed by atoms with Crippen LogP contribution in [0.25, 0.3) is 0 Å². The van der Waals surface area contributed by atoms with Gasteiger partial charge in [0.25, 0.3) is 0 Å². The van der Waals surface area contributed by atoms with E-state index in [9.17, 15) is 9.18 Å². The fraction of sp³-hybridized carbons (Fsp3) is 0.462. The topological polar surface area (TPSA) is 55.1 Å². The standard InChI is InChI=1S/C13H19FN2O/c1-9(2)13(16-8-7-12(15)17)10-3-5-11(14)6-4-10/h3-6,9,13,16H,7-8H2,1-2H3,(H2,15,17)/t13-/m0/s1. The molecular weight excluding hydrogens is 219 g/mol. The maximum atomic E-state index is 12.8. The molecule has 1 aromatic rings. The smallest absolute Gasteiger partial charge is 0.218 e. The average molecular weight is 238 g/mol. The van der Waals surface area contributed by atoms with E-state index in [2.05, 4.69) is 19.2 Å². The summed E-state index contributed by atoms with van der Waals surface area (Å²) in [6, 6.07) is 6.52. The minimum absolute atomic E-state index is 0.106. The van der Waals surface area contributed by atoms with Crippen LogP contribution in [-0.4, -0.2) is 12.5 Å². The molecule has 1 rings (SSSR count). The van der Waals surface area contributed by atoms with Crippen molar-refractivity contribution in [3.8, 4) is 0 Å². The molecule has 1 atom stereocenters. The van der Waals surface area contributed by atoms with Crippen LogP contribution in [0.4, 0.5) is 4.39 Å². The minimum atomic E-state index is -0.320. The summed E-state index contributed by atoms with van der Waals surface area (Å²) < 4.78 is 12.8. The Labute approximate surface area is 101 Å². The molecule has 0 radical (unpaired) electrons. The highest BCUT2D eigenvalue weighted by atomic mass is 19.1. The van der Waals surface area contributed by atoms with Gasteiger partial charge in [-0.1, -0.05) is 26.0 Å². The highest BCUT2D eigenvalue weighted by Gasteiger charge is 2.15. The monoisotopic (exact) mass is 238 g/mol. The van der Waals surface area contributed by atoms with Crippen LogP contribution in [0.3, 0.4) is 0 Å². The predicted octanol–water partition coefficient (Wildman–Crippen LogP) is 1.99. The molecular formula is C13H19FN2O. The molecule has 3 nitrogen and oxygen atoms in total. The summed E-state index contributed by atoms with van der Waals surface area (Å²) in [4.78, 5) is 10.7. The molecule has 4 heteroatoms. The van der Waals surface area contributed by atoms with E-state index in [1.54, 1.807) is 12.1 Å². The van der Waals surface area contributed by atoms with Crippen LogP contribution >= 0.6 is 0 Å². The zero-order valence-electron chi connectivity index (χ0n) is 10.2. The lowest BCUT2D eigenvalue weighted by Gasteiger charge is -2.22. The molecule has 0 bridgehead atoms. The van der Waals surface area contributed by atoms with Gasteiger partial charge in [0.2, 0.25) is 5.91 Å². The van der Waals surface area contributed by atoms with Crippen molar-refractivity contribution in [2.24, 2.45) is 11.7 Å². The van der Waals surface area contributed by atoms with Crippen LogP contribution in [0.5, 0.6) is 0 Å². The molecule has 0 spiro atoms. The van der Waals surface area contributed by atoms with Crippen molar-refractivity contribution < 1.29 is 9.18 Å². The number of nitrogens with two attached hydrogens (primary N) is 1. The first-order valence-electron chi connectivity index (χ1n) is 5.78. The first kappa shape index (κ1) is 13.6. The molecule has 1 aromatic carbocycles. The zero-order valence-corrected chi connectivity index (χ0v) is 10.2. The van der Waals surface area contributed by atoms with E-state index in [0.29, 0.717) is 18.9 Å². The van der Waals surface area contributed by atoms with Gasteiger partial charge in [0.05, 0.1) is 0 Å². The fourth-order valence-electron chi connectivity index (χ4n) is 1.76. The molecule has 1 amide bonds. The third-order valence-electron chi connectivity index (χ3n) is 2.63. The first-order chi connectivity index (χ1) is 8.00. The number of nitrogens with one attached hydrogen (secondary N) is 1. The van der Waals surface area contributed by atoms with E-state index < -0.39 is 0 Å². The van der Waals surface area contributed by atoms with E-state index in [0.717, 1.165) is 5.56 Å². The zero-order chi connectivity index (χ0) is 12.8. The van der Waals surface area contributed by atoms with Gasteiger partial charge in [0, 0.05) is 19.0 Å². The summed E-state index contributed by atoms with van der Waals surface area (Å²) in [5.41, 5.74) is 6.10. The van der Waals surface area contributed by atoms with Crippen LogP contribution in [-0.2, 0) is 4.79 Å². The quantitative estimate of drug-likeness (QED) is 0.796. The highest BCUT2D eigenvalue weighted by molar-refractivity contribution is 5.73. The van der Waals surface area contributed by atoms with Gasteiger partial charge in [-0.15, -0.1) is 0 Å². The summed E-state index contributed by atoms with van der Waals surface area (Å²) in [6.45, 7) is 4.69. The normalized spacial score (nSPS) is 12.7. The Kier molecular flexibility index (Phi) is 5.10. The molecule has 0 aliphatic rings. The van der Waals surface area contributed by atoms with Crippen molar-refractivity contribution in [1.29, 1.82) is 0 Å². The third-order valence-corrected chi connectivity index (χ3v) is 2.63. The number of benzene rings is 1.